The predicted octanol–water partition coefficient (Wildman–Crippen LogP) is 10.2. The third-order valence-corrected chi connectivity index (χ3v) is 13.7. The molecule has 0 saturated carbocycles. The number of rotatable bonds is 18. The van der Waals surface area contributed by atoms with Gasteiger partial charge in [-0.2, -0.15) is 0 Å². The Labute approximate surface area is 269 Å². The first-order chi connectivity index (χ1) is 21.1. The van der Waals surface area contributed by atoms with E-state index in [9.17, 15) is 9.13 Å². The topological polar surface area (TPSA) is 94.5 Å². The zero-order valence-corrected chi connectivity index (χ0v) is 30.7. The van der Waals surface area contributed by atoms with Gasteiger partial charge >= 0.3 is 15.2 Å². The third kappa shape index (κ3) is 9.47. The van der Waals surface area contributed by atoms with E-state index in [0.717, 1.165) is 39.2 Å². The van der Waals surface area contributed by atoms with Crippen LogP contribution < -0.4 is 9.47 Å². The number of fused-ring (bicyclic) bond motifs is 1. The Hall–Kier alpha value is -2.12. The molecule has 9 nitrogen and oxygen atoms in total. The highest BCUT2D eigenvalue weighted by atomic mass is 31.2. The van der Waals surface area contributed by atoms with E-state index in [2.05, 4.69) is 35.8 Å². The second-order valence-electron chi connectivity index (χ2n) is 12.4. The summed E-state index contributed by atoms with van der Waals surface area (Å²) in [4.78, 5) is 0. The lowest BCUT2D eigenvalue weighted by Crippen LogP contribution is -2.23. The number of aromatic nitrogens is 1. The van der Waals surface area contributed by atoms with Crippen LogP contribution in [-0.2, 0) is 33.8 Å². The van der Waals surface area contributed by atoms with Gasteiger partial charge in [-0.15, -0.1) is 0 Å². The highest BCUT2D eigenvalue weighted by molar-refractivity contribution is 7.72. The van der Waals surface area contributed by atoms with E-state index in [4.69, 9.17) is 27.6 Å². The molecule has 11 heteroatoms. The fourth-order valence-corrected chi connectivity index (χ4v) is 11.6. The van der Waals surface area contributed by atoms with Gasteiger partial charge in [0.05, 0.1) is 49.8 Å². The molecule has 45 heavy (non-hydrogen) atoms. The summed E-state index contributed by atoms with van der Waals surface area (Å²) in [6, 6.07) is 14.2. The molecule has 1 heterocycles. The van der Waals surface area contributed by atoms with Crippen molar-refractivity contribution in [2.75, 3.05) is 14.2 Å². The number of unbranched alkanes of at least 4 members (excludes halogenated alkanes) is 1. The Morgan fingerprint density at radius 3 is 1.58 bits per heavy atom. The molecule has 0 aliphatic heterocycles. The van der Waals surface area contributed by atoms with Crippen LogP contribution in [0, 0.1) is 6.92 Å². The maximum absolute atomic E-state index is 14.5. The molecular weight excluding hydrogens is 612 g/mol. The van der Waals surface area contributed by atoms with Gasteiger partial charge in [-0.05, 0) is 123 Å². The molecule has 3 rings (SSSR count). The molecule has 0 bridgehead atoms. The normalized spacial score (nSPS) is 12.9. The van der Waals surface area contributed by atoms with Crippen molar-refractivity contribution in [1.82, 2.24) is 4.57 Å². The van der Waals surface area contributed by atoms with Crippen molar-refractivity contribution in [1.29, 1.82) is 0 Å². The average Bonchev–Trinajstić information content (AvgIpc) is 3.21. The summed E-state index contributed by atoms with van der Waals surface area (Å²) in [5.74, 6) is 1.57. The largest absolute Gasteiger partial charge is 0.497 e. The van der Waals surface area contributed by atoms with E-state index in [1.165, 1.54) is 0 Å². The maximum Gasteiger partial charge on any atom is 0.346 e. The maximum atomic E-state index is 14.5. The van der Waals surface area contributed by atoms with Gasteiger partial charge in [0.1, 0.15) is 11.5 Å². The van der Waals surface area contributed by atoms with Crippen LogP contribution in [0.2, 0.25) is 0 Å². The van der Waals surface area contributed by atoms with Crippen molar-refractivity contribution < 1.29 is 36.7 Å². The number of hydrogen-bond donors (Lipinski definition) is 0. The molecule has 0 unspecified atom stereocenters. The van der Waals surface area contributed by atoms with Crippen LogP contribution in [0.15, 0.2) is 42.5 Å². The highest BCUT2D eigenvalue weighted by Crippen LogP contribution is 2.73. The molecule has 0 amide bonds. The van der Waals surface area contributed by atoms with E-state index in [0.29, 0.717) is 19.4 Å². The van der Waals surface area contributed by atoms with Gasteiger partial charge in [-0.1, -0.05) is 6.42 Å². The smallest absolute Gasteiger partial charge is 0.346 e. The molecule has 3 aromatic rings. The van der Waals surface area contributed by atoms with Crippen LogP contribution >= 0.6 is 15.2 Å². The number of benzene rings is 2. The molecule has 0 aliphatic carbocycles. The Morgan fingerprint density at radius 1 is 0.667 bits per heavy atom. The van der Waals surface area contributed by atoms with Crippen LogP contribution in [0.5, 0.6) is 11.5 Å². The average molecular weight is 666 g/mol. The van der Waals surface area contributed by atoms with Gasteiger partial charge in [-0.25, -0.2) is 0 Å². The first-order valence-corrected chi connectivity index (χ1v) is 19.1. The lowest BCUT2D eigenvalue weighted by molar-refractivity contribution is 0.121. The summed E-state index contributed by atoms with van der Waals surface area (Å²) in [5.41, 5.74) is 4.40. The second-order valence-corrected chi connectivity index (χ2v) is 17.1. The van der Waals surface area contributed by atoms with Gasteiger partial charge in [0.15, 0.2) is 5.40 Å². The molecule has 2 aromatic carbocycles. The van der Waals surface area contributed by atoms with Crippen LogP contribution in [0.1, 0.15) is 80.2 Å². The van der Waals surface area contributed by atoms with Gasteiger partial charge in [-0.3, -0.25) is 9.13 Å². The highest BCUT2D eigenvalue weighted by Gasteiger charge is 2.52. The van der Waals surface area contributed by atoms with Crippen LogP contribution in [0.3, 0.4) is 0 Å². The van der Waals surface area contributed by atoms with Gasteiger partial charge in [0, 0.05) is 18.0 Å². The van der Waals surface area contributed by atoms with E-state index < -0.39 is 45.0 Å². The first kappa shape index (κ1) is 37.3. The van der Waals surface area contributed by atoms with Crippen LogP contribution in [0.4, 0.5) is 0 Å². The Balaban J connectivity index is 2.02. The number of methoxy groups -OCH3 is 2. The van der Waals surface area contributed by atoms with Crippen molar-refractivity contribution in [3.8, 4) is 22.8 Å². The molecule has 1 aromatic heterocycles. The molecule has 252 valence electrons. The van der Waals surface area contributed by atoms with Gasteiger partial charge in [0.2, 0.25) is 0 Å². The monoisotopic (exact) mass is 665 g/mol. The summed E-state index contributed by atoms with van der Waals surface area (Å²) in [5, 5.41) is 0.0590. The number of ether oxygens (including phenoxy) is 2. The summed E-state index contributed by atoms with van der Waals surface area (Å²) in [6.07, 6.45) is -0.117. The van der Waals surface area contributed by atoms with Crippen LogP contribution in [0.25, 0.3) is 22.2 Å². The van der Waals surface area contributed by atoms with Gasteiger partial charge in [0.25, 0.3) is 0 Å². The molecule has 0 saturated heterocycles. The molecule has 0 aliphatic rings. The Morgan fingerprint density at radius 2 is 1.13 bits per heavy atom. The summed E-state index contributed by atoms with van der Waals surface area (Å²) < 4.78 is 66.3. The molecule has 0 atom stereocenters. The van der Waals surface area contributed by atoms with E-state index >= 15 is 0 Å². The predicted molar refractivity (Wildman–Crippen MR) is 183 cm³/mol. The molecule has 0 radical (unpaired) electrons. The van der Waals surface area contributed by atoms with E-state index in [1.807, 2.05) is 18.2 Å². The molecule has 0 fully saturated rings. The van der Waals surface area contributed by atoms with Crippen LogP contribution in [-0.4, -0.2) is 48.6 Å². The third-order valence-electron chi connectivity index (χ3n) is 7.14. The van der Waals surface area contributed by atoms with Crippen molar-refractivity contribution in [2.45, 2.75) is 118 Å². The summed E-state index contributed by atoms with van der Waals surface area (Å²) in [7, 11) is -4.57. The standard InChI is InChI=1S/C34H53NO8P2/c1-23(2)40-44(36,41-24(3)4)33(45(37,42-25(5)6)43-26(7)8)14-12-13-21-35-32-22-30(39-11)19-20-31(32)27(9)34(35)28-15-17-29(38-10)18-16-28/h15-20,22-26,33H,12-14,21H2,1-11H3. The fourth-order valence-electron chi connectivity index (χ4n) is 5.58. The summed E-state index contributed by atoms with van der Waals surface area (Å²) >= 11 is 0. The number of hydrogen-bond acceptors (Lipinski definition) is 8. The minimum absolute atomic E-state index is 0.271. The molecule has 0 spiro atoms. The Kier molecular flexibility index (Phi) is 13.4. The van der Waals surface area contributed by atoms with Gasteiger partial charge < -0.3 is 32.1 Å². The van der Waals surface area contributed by atoms with E-state index in [-0.39, 0.29) is 6.42 Å². The number of nitrogens with zero attached hydrogens (tertiary/aromatic N) is 1. The minimum atomic E-state index is -3.95. The Bertz CT molecular complexity index is 1410. The minimum Gasteiger partial charge on any atom is -0.497 e. The lowest BCUT2D eigenvalue weighted by Gasteiger charge is -2.35. The van der Waals surface area contributed by atoms with Crippen molar-refractivity contribution >= 4 is 26.1 Å². The zero-order valence-electron chi connectivity index (χ0n) is 28.9. The summed E-state index contributed by atoms with van der Waals surface area (Å²) in [6.45, 7) is 17.1. The van der Waals surface area contributed by atoms with Crippen molar-refractivity contribution in [3.63, 3.8) is 0 Å². The van der Waals surface area contributed by atoms with Crippen molar-refractivity contribution in [2.24, 2.45) is 0 Å². The quantitative estimate of drug-likeness (QED) is 0.0979. The second kappa shape index (κ2) is 16.1. The first-order valence-electron chi connectivity index (χ1n) is 15.9. The SMILES string of the molecule is COc1ccc(-c2c(C)c3ccc(OC)cc3n2CCCCC(P(=O)(OC(C)C)OC(C)C)P(=O)(OC(C)C)OC(C)C)cc1. The molecule has 0 N–H and O–H groups in total. The lowest BCUT2D eigenvalue weighted by atomic mass is 10.1. The van der Waals surface area contributed by atoms with E-state index in [1.54, 1.807) is 69.6 Å². The van der Waals surface area contributed by atoms with Crippen molar-refractivity contribution in [3.05, 3.63) is 48.0 Å². The zero-order chi connectivity index (χ0) is 33.5. The number of aryl methyl sites for hydroxylation is 2. The molecular formula is C34H53NO8P2. The fraction of sp³-hybridized carbons (Fsp3) is 0.588.